The molecule has 0 saturated carbocycles. The molecular weight excluding hydrogens is 717 g/mol. The lowest BCUT2D eigenvalue weighted by Gasteiger charge is -2.44. The van der Waals surface area contributed by atoms with E-state index in [1.165, 1.54) is 29.3 Å². The summed E-state index contributed by atoms with van der Waals surface area (Å²) in [4.78, 5) is 55.7. The van der Waals surface area contributed by atoms with Crippen molar-refractivity contribution in [1.82, 2.24) is 20.1 Å². The van der Waals surface area contributed by atoms with Gasteiger partial charge in [-0.15, -0.1) is 0 Å². The van der Waals surface area contributed by atoms with E-state index in [2.05, 4.69) is 20.3 Å². The molecule has 2 aromatic carbocycles. The number of amides is 3. The van der Waals surface area contributed by atoms with Crippen molar-refractivity contribution in [3.63, 3.8) is 0 Å². The van der Waals surface area contributed by atoms with Gasteiger partial charge in [-0.2, -0.15) is 0 Å². The number of rotatable bonds is 12. The smallest absolute Gasteiger partial charge is 0.269 e. The Kier molecular flexibility index (Phi) is 11.6. The number of sulfonamides is 1. The van der Waals surface area contributed by atoms with Gasteiger partial charge < -0.3 is 21.1 Å². The summed E-state index contributed by atoms with van der Waals surface area (Å²) in [6.45, 7) is 14.4. The van der Waals surface area contributed by atoms with Crippen LogP contribution in [0.1, 0.15) is 88.5 Å². The van der Waals surface area contributed by atoms with Crippen LogP contribution in [-0.4, -0.2) is 84.4 Å². The normalized spacial score (nSPS) is 21.8. The first-order valence-corrected chi connectivity index (χ1v) is 19.9. The van der Waals surface area contributed by atoms with Gasteiger partial charge in [0.15, 0.2) is 0 Å². The summed E-state index contributed by atoms with van der Waals surface area (Å²) in [5.41, 5.74) is 8.02. The molecule has 0 aliphatic carbocycles. The van der Waals surface area contributed by atoms with E-state index < -0.39 is 44.3 Å². The largest absolute Gasteiger partial charge is 0.487 e. The average molecular weight is 769 g/mol. The third kappa shape index (κ3) is 8.31. The SMILES string of the molecule is CC[C@]1(C)CCN2CCC(C(=O)N[C@@H](CCCN=C(N)NS(=O)(=O)c3c(C)c(C)c4c(c3C)CCC(C)(C)O4)C(=O)Nc3ccc([N+](=O)[O-])cc3)N2C1=O. The predicted octanol–water partition coefficient (Wildman–Crippen LogP) is 3.76. The van der Waals surface area contributed by atoms with Gasteiger partial charge in [-0.25, -0.2) is 18.1 Å². The van der Waals surface area contributed by atoms with Gasteiger partial charge in [-0.1, -0.05) is 13.8 Å². The maximum Gasteiger partial charge on any atom is 0.269 e. The number of guanidine groups is 1. The molecule has 2 saturated heterocycles. The van der Waals surface area contributed by atoms with Crippen molar-refractivity contribution in [2.45, 2.75) is 116 Å². The quantitative estimate of drug-likeness (QED) is 0.0806. The van der Waals surface area contributed by atoms with E-state index in [0.29, 0.717) is 55.6 Å². The molecule has 0 aromatic heterocycles. The number of hydrogen-bond acceptors (Lipinski definition) is 10. The van der Waals surface area contributed by atoms with Crippen LogP contribution in [0.25, 0.3) is 0 Å². The van der Waals surface area contributed by atoms with Crippen LogP contribution in [0, 0.1) is 36.3 Å². The zero-order chi connectivity index (χ0) is 39.7. The fourth-order valence-electron chi connectivity index (χ4n) is 7.42. The molecule has 3 aliphatic rings. The van der Waals surface area contributed by atoms with Crippen molar-refractivity contribution < 1.29 is 32.5 Å². The second-order valence-corrected chi connectivity index (χ2v) is 16.9. The Morgan fingerprint density at radius 3 is 2.43 bits per heavy atom. The number of carbonyl (C=O) groups excluding carboxylic acids is 3. The maximum absolute atomic E-state index is 13.7. The minimum Gasteiger partial charge on any atom is -0.487 e. The molecule has 5 N–H and O–H groups in total. The Hall–Kier alpha value is -4.77. The van der Waals surface area contributed by atoms with Crippen LogP contribution in [0.4, 0.5) is 11.4 Å². The van der Waals surface area contributed by atoms with Crippen LogP contribution in [0.5, 0.6) is 5.75 Å². The van der Waals surface area contributed by atoms with Crippen molar-refractivity contribution in [2.24, 2.45) is 16.1 Å². The number of nitrogens with one attached hydrogen (secondary N) is 3. The number of hydrogen-bond donors (Lipinski definition) is 4. The lowest BCUT2D eigenvalue weighted by molar-refractivity contribution is -0.384. The molecule has 3 amide bonds. The predicted molar refractivity (Wildman–Crippen MR) is 203 cm³/mol. The van der Waals surface area contributed by atoms with Crippen molar-refractivity contribution in [2.75, 3.05) is 25.0 Å². The molecule has 0 radical (unpaired) electrons. The molecule has 3 atom stereocenters. The topological polar surface area (TPSA) is 219 Å². The Bertz CT molecular complexity index is 1970. The third-order valence-corrected chi connectivity index (χ3v) is 12.7. The Labute approximate surface area is 316 Å². The lowest BCUT2D eigenvalue weighted by Crippen LogP contribution is -2.60. The number of nitro groups is 1. The number of non-ortho nitro benzene ring substituents is 1. The van der Waals surface area contributed by atoms with Crippen molar-refractivity contribution in [3.8, 4) is 5.75 Å². The van der Waals surface area contributed by atoms with Crippen LogP contribution < -0.4 is 25.8 Å². The molecule has 2 aromatic rings. The van der Waals surface area contributed by atoms with E-state index in [9.17, 15) is 32.9 Å². The summed E-state index contributed by atoms with van der Waals surface area (Å²) in [5, 5.41) is 20.1. The molecule has 2 fully saturated rings. The summed E-state index contributed by atoms with van der Waals surface area (Å²) >= 11 is 0. The van der Waals surface area contributed by atoms with Gasteiger partial charge in [0.1, 0.15) is 23.4 Å². The first kappa shape index (κ1) is 40.4. The van der Waals surface area contributed by atoms with E-state index in [-0.39, 0.29) is 53.1 Å². The highest BCUT2D eigenvalue weighted by molar-refractivity contribution is 7.90. The highest BCUT2D eigenvalue weighted by atomic mass is 32.2. The van der Waals surface area contributed by atoms with Gasteiger partial charge in [0.25, 0.3) is 15.7 Å². The summed E-state index contributed by atoms with van der Waals surface area (Å²) in [6.07, 6.45) is 3.43. The highest BCUT2D eigenvalue weighted by Gasteiger charge is 2.50. The van der Waals surface area contributed by atoms with E-state index in [1.54, 1.807) is 13.8 Å². The van der Waals surface area contributed by atoms with E-state index in [1.807, 2.05) is 39.6 Å². The number of ether oxygens (including phenoxy) is 1. The number of nitro benzene ring substituents is 1. The van der Waals surface area contributed by atoms with Gasteiger partial charge in [0.2, 0.25) is 23.7 Å². The average Bonchev–Trinajstić information content (AvgIpc) is 3.54. The minimum atomic E-state index is -4.13. The minimum absolute atomic E-state index is 0.0201. The van der Waals surface area contributed by atoms with Gasteiger partial charge in [0, 0.05) is 42.9 Å². The molecule has 1 unspecified atom stereocenters. The molecule has 3 heterocycles. The summed E-state index contributed by atoms with van der Waals surface area (Å²) in [5.74, 6) is -0.791. The monoisotopic (exact) mass is 768 g/mol. The lowest BCUT2D eigenvalue weighted by atomic mass is 9.81. The number of nitrogens with two attached hydrogens (primary N) is 1. The molecule has 3 aliphatic heterocycles. The Morgan fingerprint density at radius 2 is 1.78 bits per heavy atom. The number of hydrazine groups is 1. The number of anilines is 1. The van der Waals surface area contributed by atoms with Crippen LogP contribution in [0.2, 0.25) is 0 Å². The van der Waals surface area contributed by atoms with E-state index >= 15 is 0 Å². The highest BCUT2D eigenvalue weighted by Crippen LogP contribution is 2.42. The molecule has 17 heteroatoms. The molecule has 16 nitrogen and oxygen atoms in total. The number of carbonyl (C=O) groups is 3. The number of aliphatic imine (C=N–C) groups is 1. The van der Waals surface area contributed by atoms with Gasteiger partial charge in [0.05, 0.1) is 9.82 Å². The van der Waals surface area contributed by atoms with Gasteiger partial charge in [-0.05, 0) is 114 Å². The van der Waals surface area contributed by atoms with Crippen LogP contribution >= 0.6 is 0 Å². The fraction of sp³-hybridized carbons (Fsp3) is 0.568. The zero-order valence-electron chi connectivity index (χ0n) is 32.1. The molecule has 0 bridgehead atoms. The third-order valence-electron chi connectivity index (χ3n) is 11.1. The second-order valence-electron chi connectivity index (χ2n) is 15.3. The van der Waals surface area contributed by atoms with Crippen molar-refractivity contribution in [1.29, 1.82) is 0 Å². The standard InChI is InChI=1S/C37H52N8O8S/c1-8-37(7)18-21-43-20-16-29(44(43)34(37)48)33(47)41-28(32(46)40-25-11-13-26(14-12-25)45(49)50)10-9-19-39-35(38)42-54(51,52)31-23(3)22(2)30-27(24(31)4)15-17-36(5,6)53-30/h11-14,28-29H,8-10,15-21H2,1-7H3,(H,40,46)(H,41,47)(H3,38,39,42)/t28-,29?,37+/m0/s1. The summed E-state index contributed by atoms with van der Waals surface area (Å²) in [6, 6.07) is 3.41. The summed E-state index contributed by atoms with van der Waals surface area (Å²) < 4.78 is 36.0. The molecular formula is C37H52N8O8S. The van der Waals surface area contributed by atoms with Gasteiger partial charge in [-0.3, -0.25) is 34.5 Å². The van der Waals surface area contributed by atoms with Crippen LogP contribution in [0.3, 0.4) is 0 Å². The molecule has 294 valence electrons. The fourth-order valence-corrected chi connectivity index (χ4v) is 8.94. The summed E-state index contributed by atoms with van der Waals surface area (Å²) in [7, 11) is -4.13. The zero-order valence-corrected chi connectivity index (χ0v) is 32.9. The van der Waals surface area contributed by atoms with Crippen molar-refractivity contribution in [3.05, 3.63) is 56.6 Å². The number of nitrogens with zero attached hydrogens (tertiary/aromatic N) is 4. The molecule has 5 rings (SSSR count). The van der Waals surface area contributed by atoms with Gasteiger partial charge >= 0.3 is 0 Å². The van der Waals surface area contributed by atoms with E-state index in [0.717, 1.165) is 17.5 Å². The molecule has 0 spiro atoms. The maximum atomic E-state index is 13.7. The van der Waals surface area contributed by atoms with Crippen molar-refractivity contribution >= 4 is 45.1 Å². The second kappa shape index (κ2) is 15.5. The number of benzene rings is 2. The first-order chi connectivity index (χ1) is 25.3. The Balaban J connectivity index is 1.29. The first-order valence-electron chi connectivity index (χ1n) is 18.4. The Morgan fingerprint density at radius 1 is 1.09 bits per heavy atom. The van der Waals surface area contributed by atoms with Crippen LogP contribution in [0.15, 0.2) is 34.2 Å². The number of fused-ring (bicyclic) bond motifs is 2. The molecule has 54 heavy (non-hydrogen) atoms. The van der Waals surface area contributed by atoms with Crippen LogP contribution in [-0.2, 0) is 30.8 Å². The van der Waals surface area contributed by atoms with E-state index in [4.69, 9.17) is 10.5 Å².